The summed E-state index contributed by atoms with van der Waals surface area (Å²) in [5, 5.41) is 12.8. The van der Waals surface area contributed by atoms with Crippen molar-refractivity contribution in [2.24, 2.45) is 0 Å². The van der Waals surface area contributed by atoms with E-state index in [0.717, 1.165) is 37.3 Å². The number of benzene rings is 1. The van der Waals surface area contributed by atoms with Crippen LogP contribution in [-0.4, -0.2) is 42.2 Å². The molecular formula is C14H20N2O2. The molecule has 4 nitrogen and oxygen atoms in total. The van der Waals surface area contributed by atoms with Gasteiger partial charge in [-0.05, 0) is 25.0 Å². The van der Waals surface area contributed by atoms with Gasteiger partial charge < -0.3 is 10.4 Å². The van der Waals surface area contributed by atoms with E-state index >= 15 is 0 Å². The van der Waals surface area contributed by atoms with Gasteiger partial charge in [0.1, 0.15) is 6.04 Å². The lowest BCUT2D eigenvalue weighted by Crippen LogP contribution is -2.47. The molecular weight excluding hydrogens is 228 g/mol. The minimum atomic E-state index is -0.760. The van der Waals surface area contributed by atoms with Crippen LogP contribution in [0.15, 0.2) is 18.2 Å². The van der Waals surface area contributed by atoms with Crippen LogP contribution in [0.5, 0.6) is 0 Å². The number of piperazine rings is 1. The van der Waals surface area contributed by atoms with Gasteiger partial charge in [0.25, 0.3) is 0 Å². The van der Waals surface area contributed by atoms with Crippen LogP contribution in [0.25, 0.3) is 0 Å². The number of carboxylic acids is 1. The Morgan fingerprint density at radius 2 is 2.00 bits per heavy atom. The Labute approximate surface area is 108 Å². The maximum Gasteiger partial charge on any atom is 0.325 e. The molecule has 18 heavy (non-hydrogen) atoms. The summed E-state index contributed by atoms with van der Waals surface area (Å²) in [7, 11) is 0. The molecule has 1 aliphatic heterocycles. The molecule has 0 saturated carbocycles. The molecule has 1 heterocycles. The summed E-state index contributed by atoms with van der Waals surface area (Å²) in [4.78, 5) is 13.6. The normalized spacial score (nSPS) is 18.6. The van der Waals surface area contributed by atoms with Gasteiger partial charge >= 0.3 is 5.97 Å². The molecule has 0 bridgehead atoms. The largest absolute Gasteiger partial charge is 0.480 e. The van der Waals surface area contributed by atoms with Crippen molar-refractivity contribution in [2.45, 2.75) is 19.9 Å². The standard InChI is InChI=1S/C14H20N2O2/c1-10-3-4-12(11(2)9-10)13(14(17)18)16-7-5-15-6-8-16/h3-4,9,13,15H,5-8H2,1-2H3,(H,17,18). The maximum absolute atomic E-state index is 11.6. The number of carboxylic acid groups (broad SMARTS) is 1. The Kier molecular flexibility index (Phi) is 3.99. The van der Waals surface area contributed by atoms with E-state index < -0.39 is 12.0 Å². The van der Waals surface area contributed by atoms with Crippen molar-refractivity contribution < 1.29 is 9.90 Å². The van der Waals surface area contributed by atoms with E-state index in [1.807, 2.05) is 36.9 Å². The molecule has 1 aliphatic rings. The highest BCUT2D eigenvalue weighted by atomic mass is 16.4. The topological polar surface area (TPSA) is 52.6 Å². The second kappa shape index (κ2) is 5.50. The van der Waals surface area contributed by atoms with Gasteiger partial charge in [-0.15, -0.1) is 0 Å². The van der Waals surface area contributed by atoms with Crippen LogP contribution in [0, 0.1) is 13.8 Å². The summed E-state index contributed by atoms with van der Waals surface area (Å²) >= 11 is 0. The number of nitrogens with zero attached hydrogens (tertiary/aromatic N) is 1. The Hall–Kier alpha value is -1.39. The van der Waals surface area contributed by atoms with Crippen LogP contribution in [-0.2, 0) is 4.79 Å². The van der Waals surface area contributed by atoms with Crippen molar-refractivity contribution in [2.75, 3.05) is 26.2 Å². The Balaban J connectivity index is 2.31. The lowest BCUT2D eigenvalue weighted by Gasteiger charge is -2.33. The fourth-order valence-electron chi connectivity index (χ4n) is 2.56. The van der Waals surface area contributed by atoms with Crippen LogP contribution in [0.1, 0.15) is 22.7 Å². The van der Waals surface area contributed by atoms with Crippen molar-refractivity contribution in [3.63, 3.8) is 0 Å². The zero-order valence-electron chi connectivity index (χ0n) is 10.9. The van der Waals surface area contributed by atoms with Gasteiger partial charge in [0.05, 0.1) is 0 Å². The van der Waals surface area contributed by atoms with Gasteiger partial charge in [-0.2, -0.15) is 0 Å². The van der Waals surface area contributed by atoms with Crippen molar-refractivity contribution in [3.8, 4) is 0 Å². The van der Waals surface area contributed by atoms with Crippen LogP contribution < -0.4 is 5.32 Å². The van der Waals surface area contributed by atoms with Crippen LogP contribution in [0.4, 0.5) is 0 Å². The molecule has 1 unspecified atom stereocenters. The summed E-state index contributed by atoms with van der Waals surface area (Å²) < 4.78 is 0. The predicted octanol–water partition coefficient (Wildman–Crippen LogP) is 1.33. The highest BCUT2D eigenvalue weighted by Crippen LogP contribution is 2.25. The van der Waals surface area contributed by atoms with Gasteiger partial charge in [-0.1, -0.05) is 23.8 Å². The molecule has 1 fully saturated rings. The Bertz CT molecular complexity index is 439. The van der Waals surface area contributed by atoms with Crippen molar-refractivity contribution in [1.82, 2.24) is 10.2 Å². The highest BCUT2D eigenvalue weighted by Gasteiger charge is 2.29. The van der Waals surface area contributed by atoms with Crippen LogP contribution in [0.2, 0.25) is 0 Å². The summed E-state index contributed by atoms with van der Waals surface area (Å²) in [6.45, 7) is 7.29. The third-order valence-electron chi connectivity index (χ3n) is 3.47. The zero-order chi connectivity index (χ0) is 13.1. The number of aliphatic carboxylic acids is 1. The number of aryl methyl sites for hydroxylation is 2. The maximum atomic E-state index is 11.6. The number of hydrogen-bond donors (Lipinski definition) is 2. The lowest BCUT2D eigenvalue weighted by molar-refractivity contribution is -0.143. The van der Waals surface area contributed by atoms with Crippen LogP contribution >= 0.6 is 0 Å². The molecule has 0 radical (unpaired) electrons. The molecule has 2 N–H and O–H groups in total. The average molecular weight is 248 g/mol. The highest BCUT2D eigenvalue weighted by molar-refractivity contribution is 5.76. The molecule has 0 spiro atoms. The molecule has 2 rings (SSSR count). The number of carbonyl (C=O) groups is 1. The summed E-state index contributed by atoms with van der Waals surface area (Å²) in [6.07, 6.45) is 0. The fraction of sp³-hybridized carbons (Fsp3) is 0.500. The van der Waals surface area contributed by atoms with E-state index in [1.54, 1.807) is 0 Å². The zero-order valence-corrected chi connectivity index (χ0v) is 10.9. The SMILES string of the molecule is Cc1ccc(C(C(=O)O)N2CCNCC2)c(C)c1. The van der Waals surface area contributed by atoms with Crippen molar-refractivity contribution in [3.05, 3.63) is 34.9 Å². The quantitative estimate of drug-likeness (QED) is 0.847. The monoisotopic (exact) mass is 248 g/mol. The molecule has 0 aromatic heterocycles. The van der Waals surface area contributed by atoms with E-state index in [2.05, 4.69) is 5.32 Å². The van der Waals surface area contributed by atoms with E-state index in [-0.39, 0.29) is 0 Å². The second-order valence-corrected chi connectivity index (χ2v) is 4.89. The van der Waals surface area contributed by atoms with E-state index in [1.165, 1.54) is 5.56 Å². The summed E-state index contributed by atoms with van der Waals surface area (Å²) in [5.41, 5.74) is 3.14. The third kappa shape index (κ3) is 2.71. The molecule has 98 valence electrons. The van der Waals surface area contributed by atoms with E-state index in [0.29, 0.717) is 0 Å². The van der Waals surface area contributed by atoms with Gasteiger partial charge in [-0.3, -0.25) is 9.69 Å². The van der Waals surface area contributed by atoms with Gasteiger partial charge in [0, 0.05) is 26.2 Å². The van der Waals surface area contributed by atoms with Crippen molar-refractivity contribution >= 4 is 5.97 Å². The van der Waals surface area contributed by atoms with Gasteiger partial charge in [0.2, 0.25) is 0 Å². The first-order chi connectivity index (χ1) is 8.59. The molecule has 4 heteroatoms. The van der Waals surface area contributed by atoms with Crippen LogP contribution in [0.3, 0.4) is 0 Å². The second-order valence-electron chi connectivity index (χ2n) is 4.89. The molecule has 0 amide bonds. The predicted molar refractivity (Wildman–Crippen MR) is 70.7 cm³/mol. The average Bonchev–Trinajstić information content (AvgIpc) is 2.33. The number of nitrogens with one attached hydrogen (secondary N) is 1. The van der Waals surface area contributed by atoms with Gasteiger partial charge in [0.15, 0.2) is 0 Å². The van der Waals surface area contributed by atoms with Gasteiger partial charge in [-0.25, -0.2) is 0 Å². The third-order valence-corrected chi connectivity index (χ3v) is 3.47. The van der Waals surface area contributed by atoms with E-state index in [4.69, 9.17) is 0 Å². The minimum absolute atomic E-state index is 0.521. The lowest BCUT2D eigenvalue weighted by atomic mass is 9.97. The summed E-state index contributed by atoms with van der Waals surface area (Å²) in [5.74, 6) is -0.760. The Morgan fingerprint density at radius 1 is 1.33 bits per heavy atom. The molecule has 1 aromatic carbocycles. The fourth-order valence-corrected chi connectivity index (χ4v) is 2.56. The smallest absolute Gasteiger partial charge is 0.325 e. The molecule has 1 aromatic rings. The summed E-state index contributed by atoms with van der Waals surface area (Å²) in [6, 6.07) is 5.46. The first kappa shape index (κ1) is 13.1. The number of hydrogen-bond acceptors (Lipinski definition) is 3. The number of rotatable bonds is 3. The minimum Gasteiger partial charge on any atom is -0.480 e. The molecule has 0 aliphatic carbocycles. The first-order valence-electron chi connectivity index (χ1n) is 6.34. The molecule has 1 atom stereocenters. The molecule has 1 saturated heterocycles. The first-order valence-corrected chi connectivity index (χ1v) is 6.34. The van der Waals surface area contributed by atoms with E-state index in [9.17, 15) is 9.90 Å². The van der Waals surface area contributed by atoms with Crippen molar-refractivity contribution in [1.29, 1.82) is 0 Å². The Morgan fingerprint density at radius 3 is 2.56 bits per heavy atom.